The van der Waals surface area contributed by atoms with E-state index in [4.69, 9.17) is 23.2 Å². The van der Waals surface area contributed by atoms with Gasteiger partial charge in [-0.05, 0) is 36.8 Å². The predicted octanol–water partition coefficient (Wildman–Crippen LogP) is 3.37. The van der Waals surface area contributed by atoms with Gasteiger partial charge in [-0.1, -0.05) is 29.3 Å². The van der Waals surface area contributed by atoms with Gasteiger partial charge in [-0.15, -0.1) is 0 Å². The lowest BCUT2D eigenvalue weighted by Crippen LogP contribution is -2.34. The molecule has 2 atom stereocenters. The minimum Gasteiger partial charge on any atom is -0.392 e. The maximum atomic E-state index is 12.8. The van der Waals surface area contributed by atoms with Crippen molar-refractivity contribution in [2.24, 2.45) is 4.99 Å². The number of pyridine rings is 1. The summed E-state index contributed by atoms with van der Waals surface area (Å²) >= 11 is 11.9. The van der Waals surface area contributed by atoms with Crippen LogP contribution in [-0.2, 0) is 4.79 Å². The Morgan fingerprint density at radius 1 is 1.09 bits per heavy atom. The highest BCUT2D eigenvalue weighted by molar-refractivity contribution is 6.31. The van der Waals surface area contributed by atoms with Crippen molar-refractivity contribution < 1.29 is 14.7 Å². The second kappa shape index (κ2) is 9.79. The van der Waals surface area contributed by atoms with Crippen LogP contribution in [0.4, 0.5) is 11.5 Å². The highest BCUT2D eigenvalue weighted by Crippen LogP contribution is 2.24. The molecule has 1 saturated heterocycles. The van der Waals surface area contributed by atoms with Crippen molar-refractivity contribution in [2.45, 2.75) is 25.1 Å². The quantitative estimate of drug-likeness (QED) is 0.616. The summed E-state index contributed by atoms with van der Waals surface area (Å²) in [5.74, 6) is -0.539. The molecule has 1 fully saturated rings. The molecule has 0 bridgehead atoms. The molecule has 0 spiro atoms. The van der Waals surface area contributed by atoms with Gasteiger partial charge in [0, 0.05) is 36.9 Å². The number of hydrogen-bond donors (Lipinski definition) is 3. The summed E-state index contributed by atoms with van der Waals surface area (Å²) in [4.78, 5) is 36.2. The number of benzene rings is 1. The number of aliphatic imine (C=N–C) groups is 1. The summed E-state index contributed by atoms with van der Waals surface area (Å²) in [5.41, 5.74) is 0.909. The smallest absolute Gasteiger partial charge is 0.258 e. The number of dihydropyridines is 1. The lowest BCUT2D eigenvalue weighted by atomic mass is 10.1. The third kappa shape index (κ3) is 5.34. The largest absolute Gasteiger partial charge is 0.392 e. The predicted molar refractivity (Wildman–Crippen MR) is 124 cm³/mol. The van der Waals surface area contributed by atoms with Gasteiger partial charge in [0.1, 0.15) is 12.0 Å². The lowest BCUT2D eigenvalue weighted by Gasteiger charge is -2.25. The molecule has 0 radical (unpaired) electrons. The van der Waals surface area contributed by atoms with Gasteiger partial charge in [0.15, 0.2) is 0 Å². The van der Waals surface area contributed by atoms with Crippen LogP contribution in [0.2, 0.25) is 10.0 Å². The Balaban J connectivity index is 1.44. The minimum atomic E-state index is -0.475. The Kier molecular flexibility index (Phi) is 6.86. The number of likely N-dealkylation sites (tertiary alicyclic amines) is 1. The summed E-state index contributed by atoms with van der Waals surface area (Å²) in [6.45, 7) is 1.37. The number of nitrogens with one attached hydrogen (secondary N) is 2. The van der Waals surface area contributed by atoms with E-state index in [1.165, 1.54) is 18.5 Å². The van der Waals surface area contributed by atoms with Crippen molar-refractivity contribution >= 4 is 52.7 Å². The first-order valence-corrected chi connectivity index (χ1v) is 10.8. The van der Waals surface area contributed by atoms with E-state index in [1.54, 1.807) is 24.3 Å². The zero-order valence-corrected chi connectivity index (χ0v) is 18.5. The van der Waals surface area contributed by atoms with Gasteiger partial charge in [-0.25, -0.2) is 4.98 Å². The molecule has 2 unspecified atom stereocenters. The molecule has 0 aliphatic carbocycles. The number of aliphatic hydroxyl groups is 1. The van der Waals surface area contributed by atoms with Gasteiger partial charge >= 0.3 is 0 Å². The number of amides is 2. The number of carbonyl (C=O) groups is 2. The fourth-order valence-electron chi connectivity index (χ4n) is 3.59. The van der Waals surface area contributed by atoms with Crippen LogP contribution < -0.4 is 10.6 Å². The number of anilines is 2. The molecule has 3 N–H and O–H groups in total. The molecule has 1 aromatic carbocycles. The number of aromatic nitrogens is 1. The Morgan fingerprint density at radius 2 is 1.91 bits per heavy atom. The maximum Gasteiger partial charge on any atom is 0.258 e. The molecule has 1 aromatic heterocycles. The van der Waals surface area contributed by atoms with Crippen molar-refractivity contribution in [2.75, 3.05) is 23.7 Å². The van der Waals surface area contributed by atoms with Gasteiger partial charge in [-0.2, -0.15) is 0 Å². The molecule has 0 saturated carbocycles. The number of halogens is 2. The van der Waals surface area contributed by atoms with Crippen LogP contribution in [0, 0.1) is 0 Å². The van der Waals surface area contributed by atoms with Crippen molar-refractivity contribution in [1.29, 1.82) is 0 Å². The maximum absolute atomic E-state index is 12.8. The van der Waals surface area contributed by atoms with E-state index in [0.717, 1.165) is 13.0 Å². The van der Waals surface area contributed by atoms with Gasteiger partial charge in [0.2, 0.25) is 0 Å². The van der Waals surface area contributed by atoms with Crippen molar-refractivity contribution in [1.82, 2.24) is 9.88 Å². The van der Waals surface area contributed by atoms with E-state index in [-0.39, 0.29) is 23.7 Å². The average molecular weight is 474 g/mol. The Labute approximate surface area is 194 Å². The van der Waals surface area contributed by atoms with Crippen LogP contribution >= 0.6 is 23.2 Å². The van der Waals surface area contributed by atoms with E-state index < -0.39 is 5.91 Å². The first-order valence-electron chi connectivity index (χ1n) is 10.1. The highest BCUT2D eigenvalue weighted by Gasteiger charge is 2.27. The highest BCUT2D eigenvalue weighted by atomic mass is 35.5. The van der Waals surface area contributed by atoms with Gasteiger partial charge in [0.05, 0.1) is 28.0 Å². The minimum absolute atomic E-state index is 0.0764. The molecular formula is C22H21Cl2N5O3. The summed E-state index contributed by atoms with van der Waals surface area (Å²) in [7, 11) is 0. The molecule has 8 nitrogen and oxygen atoms in total. The van der Waals surface area contributed by atoms with Gasteiger partial charge in [-0.3, -0.25) is 19.5 Å². The normalized spacial score (nSPS) is 20.7. The van der Waals surface area contributed by atoms with Crippen LogP contribution in [0.15, 0.2) is 53.2 Å². The van der Waals surface area contributed by atoms with Crippen LogP contribution in [-0.4, -0.2) is 58.4 Å². The summed E-state index contributed by atoms with van der Waals surface area (Å²) in [5, 5.41) is 15.9. The van der Waals surface area contributed by atoms with Crippen LogP contribution in [0.25, 0.3) is 0 Å². The zero-order chi connectivity index (χ0) is 22.7. The van der Waals surface area contributed by atoms with Crippen LogP contribution in [0.1, 0.15) is 23.2 Å². The Bertz CT molecular complexity index is 1090. The zero-order valence-electron chi connectivity index (χ0n) is 17.0. The van der Waals surface area contributed by atoms with Crippen molar-refractivity contribution in [3.8, 4) is 0 Å². The molecule has 2 amide bonds. The molecular weight excluding hydrogens is 453 g/mol. The van der Waals surface area contributed by atoms with Crippen LogP contribution in [0.3, 0.4) is 0 Å². The lowest BCUT2D eigenvalue weighted by molar-refractivity contribution is -0.112. The number of β-amino-alcohol motifs (C(OH)–C–C–N with tert-alkyl or cyclic N) is 1. The van der Waals surface area contributed by atoms with E-state index in [1.807, 2.05) is 6.08 Å². The summed E-state index contributed by atoms with van der Waals surface area (Å²) in [6.07, 6.45) is 5.66. The summed E-state index contributed by atoms with van der Waals surface area (Å²) < 4.78 is 0. The molecule has 3 heterocycles. The molecule has 166 valence electrons. The standard InChI is InChI=1S/C22H21Cl2N5O3/c23-14-2-4-18(17(9-14)22(32)28-19-5-3-15(24)11-25-19)27-21(31)13-1-6-20(26-10-13)29-8-7-16(30)12-29/h1-5,9-11,16,20,30H,6-8,12H2,(H,27,31)(H,25,28,32). The SMILES string of the molecule is O=C(Nc1ccc(Cl)cc1C(=O)Nc1ccc(Cl)cn1)C1=CCC(N2CCC(O)C2)N=C1. The van der Waals surface area contributed by atoms with Crippen molar-refractivity contribution in [3.63, 3.8) is 0 Å². The van der Waals surface area contributed by atoms with Gasteiger partial charge in [0.25, 0.3) is 11.8 Å². The third-order valence-electron chi connectivity index (χ3n) is 5.26. The molecule has 2 aromatic rings. The number of aliphatic hydroxyl groups excluding tert-OH is 1. The fraction of sp³-hybridized carbons (Fsp3) is 0.273. The Morgan fingerprint density at radius 3 is 2.56 bits per heavy atom. The number of nitrogens with zero attached hydrogens (tertiary/aromatic N) is 3. The molecule has 4 rings (SSSR count). The topological polar surface area (TPSA) is 107 Å². The molecule has 10 heteroatoms. The van der Waals surface area contributed by atoms with Gasteiger partial charge < -0.3 is 15.7 Å². The number of carbonyl (C=O) groups excluding carboxylic acids is 2. The van der Waals surface area contributed by atoms with E-state index in [9.17, 15) is 14.7 Å². The van der Waals surface area contributed by atoms with E-state index in [2.05, 4.69) is 25.5 Å². The first-order chi connectivity index (χ1) is 15.4. The molecule has 2 aliphatic rings. The first kappa shape index (κ1) is 22.4. The fourth-order valence-corrected chi connectivity index (χ4v) is 3.87. The third-order valence-corrected chi connectivity index (χ3v) is 5.71. The van der Waals surface area contributed by atoms with E-state index in [0.29, 0.717) is 40.1 Å². The van der Waals surface area contributed by atoms with Crippen molar-refractivity contribution in [3.05, 3.63) is 63.8 Å². The number of hydrogen-bond acceptors (Lipinski definition) is 6. The average Bonchev–Trinajstić information content (AvgIpc) is 3.23. The number of rotatable bonds is 5. The molecule has 2 aliphatic heterocycles. The Hall–Kier alpha value is -2.78. The van der Waals surface area contributed by atoms with E-state index >= 15 is 0 Å². The summed E-state index contributed by atoms with van der Waals surface area (Å²) in [6, 6.07) is 7.81. The second-order valence-corrected chi connectivity index (χ2v) is 8.42. The monoisotopic (exact) mass is 473 g/mol. The molecule has 32 heavy (non-hydrogen) atoms. The second-order valence-electron chi connectivity index (χ2n) is 7.55. The van der Waals surface area contributed by atoms with Crippen LogP contribution in [0.5, 0.6) is 0 Å².